The Bertz CT molecular complexity index is 482. The molecule has 1 aromatic carbocycles. The SMILES string of the molecule is CCOC1CCN(C(=O)[C@@H](c2ccc(F)cc2)N(C)C)CC1. The van der Waals surface area contributed by atoms with E-state index in [-0.39, 0.29) is 23.9 Å². The Hall–Kier alpha value is -1.46. The van der Waals surface area contributed by atoms with Crippen LogP contribution in [0.4, 0.5) is 4.39 Å². The number of rotatable bonds is 5. The van der Waals surface area contributed by atoms with Crippen molar-refractivity contribution >= 4 is 5.91 Å². The van der Waals surface area contributed by atoms with E-state index in [0.717, 1.165) is 31.5 Å². The Kier molecular flexibility index (Phi) is 5.91. The summed E-state index contributed by atoms with van der Waals surface area (Å²) in [6.07, 6.45) is 2.02. The Morgan fingerprint density at radius 3 is 2.41 bits per heavy atom. The van der Waals surface area contributed by atoms with Gasteiger partial charge in [0.05, 0.1) is 6.10 Å². The zero-order valence-electron chi connectivity index (χ0n) is 13.6. The quantitative estimate of drug-likeness (QED) is 0.837. The molecule has 1 saturated heterocycles. The van der Waals surface area contributed by atoms with Gasteiger partial charge in [0.2, 0.25) is 5.91 Å². The first-order chi connectivity index (χ1) is 10.5. The molecule has 0 saturated carbocycles. The molecule has 5 heteroatoms. The number of likely N-dealkylation sites (tertiary alicyclic amines) is 1. The van der Waals surface area contributed by atoms with Crippen LogP contribution in [0.25, 0.3) is 0 Å². The predicted octanol–water partition coefficient (Wildman–Crippen LogP) is 2.46. The summed E-state index contributed by atoms with van der Waals surface area (Å²) in [7, 11) is 3.75. The number of carbonyl (C=O) groups excluding carboxylic acids is 1. The lowest BCUT2D eigenvalue weighted by molar-refractivity contribution is -0.139. The average molecular weight is 308 g/mol. The number of benzene rings is 1. The Balaban J connectivity index is 2.06. The molecule has 2 rings (SSSR count). The van der Waals surface area contributed by atoms with Crippen LogP contribution in [0.1, 0.15) is 31.4 Å². The van der Waals surface area contributed by atoms with Crippen molar-refractivity contribution in [2.24, 2.45) is 0 Å². The predicted molar refractivity (Wildman–Crippen MR) is 84.1 cm³/mol. The van der Waals surface area contributed by atoms with E-state index in [0.29, 0.717) is 6.61 Å². The smallest absolute Gasteiger partial charge is 0.244 e. The molecule has 1 aliphatic heterocycles. The van der Waals surface area contributed by atoms with Gasteiger partial charge in [-0.1, -0.05) is 12.1 Å². The van der Waals surface area contributed by atoms with Crippen LogP contribution >= 0.6 is 0 Å². The highest BCUT2D eigenvalue weighted by Gasteiger charge is 2.30. The largest absolute Gasteiger partial charge is 0.378 e. The second-order valence-electron chi connectivity index (χ2n) is 5.90. The molecular formula is C17H25FN2O2. The lowest BCUT2D eigenvalue weighted by atomic mass is 10.0. The minimum atomic E-state index is -0.371. The molecule has 1 atom stereocenters. The number of amides is 1. The third-order valence-electron chi connectivity index (χ3n) is 4.09. The van der Waals surface area contributed by atoms with Crippen molar-refractivity contribution in [2.75, 3.05) is 33.8 Å². The summed E-state index contributed by atoms with van der Waals surface area (Å²) in [5.41, 5.74) is 0.823. The number of piperidine rings is 1. The number of likely N-dealkylation sites (N-methyl/N-ethyl adjacent to an activating group) is 1. The molecule has 1 heterocycles. The van der Waals surface area contributed by atoms with Gasteiger partial charge in [-0.25, -0.2) is 4.39 Å². The van der Waals surface area contributed by atoms with E-state index in [1.54, 1.807) is 12.1 Å². The molecular weight excluding hydrogens is 283 g/mol. The first-order valence-corrected chi connectivity index (χ1v) is 7.85. The molecule has 1 aliphatic rings. The number of halogens is 1. The van der Waals surface area contributed by atoms with Gasteiger partial charge in [0.1, 0.15) is 11.9 Å². The zero-order chi connectivity index (χ0) is 16.1. The second kappa shape index (κ2) is 7.70. The van der Waals surface area contributed by atoms with Crippen LogP contribution in [0.3, 0.4) is 0 Å². The summed E-state index contributed by atoms with van der Waals surface area (Å²) < 4.78 is 18.7. The van der Waals surface area contributed by atoms with E-state index in [2.05, 4.69) is 0 Å². The van der Waals surface area contributed by atoms with Gasteiger partial charge in [0.15, 0.2) is 0 Å². The third kappa shape index (κ3) is 4.05. The standard InChI is InChI=1S/C17H25FN2O2/c1-4-22-15-9-11-20(12-10-15)17(21)16(19(2)3)13-5-7-14(18)8-6-13/h5-8,15-16H,4,9-12H2,1-3H3/t16-/m1/s1. The van der Waals surface area contributed by atoms with Crippen LogP contribution in [0.5, 0.6) is 0 Å². The molecule has 1 amide bonds. The first kappa shape index (κ1) is 16.9. The van der Waals surface area contributed by atoms with Gasteiger partial charge in [-0.2, -0.15) is 0 Å². The lowest BCUT2D eigenvalue weighted by Crippen LogP contribution is -2.45. The summed E-state index contributed by atoms with van der Waals surface area (Å²) in [4.78, 5) is 16.6. The topological polar surface area (TPSA) is 32.8 Å². The van der Waals surface area contributed by atoms with Gasteiger partial charge < -0.3 is 9.64 Å². The van der Waals surface area contributed by atoms with E-state index in [1.807, 2.05) is 30.8 Å². The molecule has 0 spiro atoms. The van der Waals surface area contributed by atoms with E-state index >= 15 is 0 Å². The Labute approximate surface area is 131 Å². The lowest BCUT2D eigenvalue weighted by Gasteiger charge is -2.35. The Morgan fingerprint density at radius 2 is 1.91 bits per heavy atom. The zero-order valence-corrected chi connectivity index (χ0v) is 13.6. The maximum atomic E-state index is 13.1. The maximum absolute atomic E-state index is 13.1. The van der Waals surface area contributed by atoms with Crippen LogP contribution in [0, 0.1) is 5.82 Å². The van der Waals surface area contributed by atoms with Crippen molar-refractivity contribution in [3.63, 3.8) is 0 Å². The summed E-state index contributed by atoms with van der Waals surface area (Å²) in [5.74, 6) is -0.210. The molecule has 22 heavy (non-hydrogen) atoms. The number of hydrogen-bond acceptors (Lipinski definition) is 3. The summed E-state index contributed by atoms with van der Waals surface area (Å²) in [5, 5.41) is 0. The molecule has 0 radical (unpaired) electrons. The molecule has 0 aliphatic carbocycles. The highest BCUT2D eigenvalue weighted by atomic mass is 19.1. The fourth-order valence-electron chi connectivity index (χ4n) is 2.96. The fourth-order valence-corrected chi connectivity index (χ4v) is 2.96. The van der Waals surface area contributed by atoms with Crippen molar-refractivity contribution in [3.05, 3.63) is 35.6 Å². The highest BCUT2D eigenvalue weighted by molar-refractivity contribution is 5.83. The number of carbonyl (C=O) groups is 1. The summed E-state index contributed by atoms with van der Waals surface area (Å²) >= 11 is 0. The summed E-state index contributed by atoms with van der Waals surface area (Å²) in [6.45, 7) is 4.15. The third-order valence-corrected chi connectivity index (χ3v) is 4.09. The van der Waals surface area contributed by atoms with Gasteiger partial charge in [-0.05, 0) is 51.6 Å². The minimum Gasteiger partial charge on any atom is -0.378 e. The monoisotopic (exact) mass is 308 g/mol. The molecule has 122 valence electrons. The first-order valence-electron chi connectivity index (χ1n) is 7.85. The molecule has 0 bridgehead atoms. The molecule has 1 aromatic rings. The van der Waals surface area contributed by atoms with Gasteiger partial charge in [-0.3, -0.25) is 9.69 Å². The van der Waals surface area contributed by atoms with Gasteiger partial charge in [0.25, 0.3) is 0 Å². The van der Waals surface area contributed by atoms with Crippen LogP contribution in [-0.2, 0) is 9.53 Å². The van der Waals surface area contributed by atoms with Crippen molar-refractivity contribution in [2.45, 2.75) is 31.9 Å². The average Bonchev–Trinajstić information content (AvgIpc) is 2.50. The molecule has 0 aromatic heterocycles. The van der Waals surface area contributed by atoms with E-state index in [1.165, 1.54) is 12.1 Å². The Morgan fingerprint density at radius 1 is 1.32 bits per heavy atom. The van der Waals surface area contributed by atoms with Crippen LogP contribution in [0.15, 0.2) is 24.3 Å². The maximum Gasteiger partial charge on any atom is 0.244 e. The molecule has 1 fully saturated rings. The fraction of sp³-hybridized carbons (Fsp3) is 0.588. The van der Waals surface area contributed by atoms with Crippen LogP contribution in [0.2, 0.25) is 0 Å². The van der Waals surface area contributed by atoms with Crippen LogP contribution in [-0.4, -0.2) is 55.6 Å². The minimum absolute atomic E-state index is 0.0755. The molecule has 0 N–H and O–H groups in total. The summed E-state index contributed by atoms with van der Waals surface area (Å²) in [6, 6.07) is 5.81. The van der Waals surface area contributed by atoms with Crippen LogP contribution < -0.4 is 0 Å². The normalized spacial score (nSPS) is 17.8. The number of nitrogens with zero attached hydrogens (tertiary/aromatic N) is 2. The number of ether oxygens (including phenoxy) is 1. The van der Waals surface area contributed by atoms with E-state index in [9.17, 15) is 9.18 Å². The van der Waals surface area contributed by atoms with Gasteiger partial charge in [-0.15, -0.1) is 0 Å². The number of hydrogen-bond donors (Lipinski definition) is 0. The van der Waals surface area contributed by atoms with Gasteiger partial charge in [0, 0.05) is 19.7 Å². The second-order valence-corrected chi connectivity index (χ2v) is 5.90. The highest BCUT2D eigenvalue weighted by Crippen LogP contribution is 2.24. The van der Waals surface area contributed by atoms with E-state index in [4.69, 9.17) is 4.74 Å². The van der Waals surface area contributed by atoms with E-state index < -0.39 is 0 Å². The van der Waals surface area contributed by atoms with Crippen molar-refractivity contribution in [1.29, 1.82) is 0 Å². The van der Waals surface area contributed by atoms with Crippen molar-refractivity contribution in [3.8, 4) is 0 Å². The molecule has 4 nitrogen and oxygen atoms in total. The van der Waals surface area contributed by atoms with Crippen molar-refractivity contribution < 1.29 is 13.9 Å². The van der Waals surface area contributed by atoms with Gasteiger partial charge >= 0.3 is 0 Å². The molecule has 0 unspecified atom stereocenters. The van der Waals surface area contributed by atoms with Crippen molar-refractivity contribution in [1.82, 2.24) is 9.80 Å².